The highest BCUT2D eigenvalue weighted by atomic mass is 16.5. The van der Waals surface area contributed by atoms with Gasteiger partial charge in [-0.2, -0.15) is 0 Å². The largest absolute Gasteiger partial charge is 0.481 e. The zero-order valence-corrected chi connectivity index (χ0v) is 15.6. The van der Waals surface area contributed by atoms with Crippen LogP contribution in [-0.4, -0.2) is 29.2 Å². The molecule has 0 aliphatic heterocycles. The Morgan fingerprint density at radius 1 is 1.22 bits per heavy atom. The maximum Gasteiger partial charge on any atom is 0.220 e. The van der Waals surface area contributed by atoms with E-state index in [1.165, 1.54) is 11.1 Å². The SMILES string of the molecule is COc1ccc(C(NC(=O)CC2Cc3ccccc3C2)C2CC(O)C2)cn1. The normalized spacial score (nSPS) is 22.6. The number of hydrogen-bond acceptors (Lipinski definition) is 4. The zero-order chi connectivity index (χ0) is 18.8. The topological polar surface area (TPSA) is 71.5 Å². The monoisotopic (exact) mass is 366 g/mol. The van der Waals surface area contributed by atoms with Crippen LogP contribution in [0.25, 0.3) is 0 Å². The quantitative estimate of drug-likeness (QED) is 0.825. The summed E-state index contributed by atoms with van der Waals surface area (Å²) < 4.78 is 5.13. The molecule has 2 aromatic rings. The number of nitrogens with zero attached hydrogens (tertiary/aromatic N) is 1. The number of amides is 1. The molecule has 2 aliphatic carbocycles. The van der Waals surface area contributed by atoms with Crippen LogP contribution < -0.4 is 10.1 Å². The van der Waals surface area contributed by atoms with Crippen LogP contribution in [0, 0.1) is 11.8 Å². The van der Waals surface area contributed by atoms with E-state index in [0.717, 1.165) is 18.4 Å². The summed E-state index contributed by atoms with van der Waals surface area (Å²) in [6.45, 7) is 0. The number of fused-ring (bicyclic) bond motifs is 1. The molecule has 142 valence electrons. The van der Waals surface area contributed by atoms with Gasteiger partial charge in [-0.3, -0.25) is 4.79 Å². The third kappa shape index (κ3) is 3.98. The molecule has 1 atom stereocenters. The van der Waals surface area contributed by atoms with Crippen molar-refractivity contribution in [3.05, 3.63) is 59.3 Å². The Hall–Kier alpha value is -2.40. The average Bonchev–Trinajstić information content (AvgIpc) is 3.06. The van der Waals surface area contributed by atoms with Gasteiger partial charge < -0.3 is 15.2 Å². The summed E-state index contributed by atoms with van der Waals surface area (Å²) in [6.07, 6.45) is 5.41. The van der Waals surface area contributed by atoms with Crippen molar-refractivity contribution in [1.82, 2.24) is 10.3 Å². The standard InChI is InChI=1S/C22H26N2O3/c1-27-21-7-6-17(13-23-21)22(18-11-19(25)12-18)24-20(26)10-14-8-15-4-2-3-5-16(15)9-14/h2-7,13-14,18-19,22,25H,8-12H2,1H3,(H,24,26). The molecule has 0 spiro atoms. The molecule has 2 aliphatic rings. The van der Waals surface area contributed by atoms with Gasteiger partial charge in [-0.05, 0) is 54.2 Å². The number of hydrogen-bond donors (Lipinski definition) is 2. The van der Waals surface area contributed by atoms with Gasteiger partial charge in [0, 0.05) is 18.7 Å². The van der Waals surface area contributed by atoms with E-state index >= 15 is 0 Å². The number of rotatable bonds is 6. The van der Waals surface area contributed by atoms with Crippen LogP contribution in [0.15, 0.2) is 42.6 Å². The number of aromatic nitrogens is 1. The fourth-order valence-corrected chi connectivity index (χ4v) is 4.36. The average molecular weight is 366 g/mol. The van der Waals surface area contributed by atoms with Crippen LogP contribution in [0.3, 0.4) is 0 Å². The van der Waals surface area contributed by atoms with Crippen molar-refractivity contribution < 1.29 is 14.6 Å². The molecule has 1 unspecified atom stereocenters. The van der Waals surface area contributed by atoms with E-state index in [1.807, 2.05) is 12.1 Å². The van der Waals surface area contributed by atoms with Crippen LogP contribution in [-0.2, 0) is 17.6 Å². The Kier molecular flexibility index (Phi) is 5.12. The molecular formula is C22H26N2O3. The summed E-state index contributed by atoms with van der Waals surface area (Å²) in [5.41, 5.74) is 3.71. The fourth-order valence-electron chi connectivity index (χ4n) is 4.36. The molecule has 27 heavy (non-hydrogen) atoms. The molecule has 0 bridgehead atoms. The Labute approximate surface area is 159 Å². The summed E-state index contributed by atoms with van der Waals surface area (Å²) in [6, 6.07) is 12.1. The first kappa shape index (κ1) is 18.0. The molecule has 5 heteroatoms. The lowest BCUT2D eigenvalue weighted by atomic mass is 9.75. The first-order valence-electron chi connectivity index (χ1n) is 9.66. The fraction of sp³-hybridized carbons (Fsp3) is 0.455. The highest BCUT2D eigenvalue weighted by Crippen LogP contribution is 2.38. The number of nitrogens with one attached hydrogen (secondary N) is 1. The van der Waals surface area contributed by atoms with E-state index < -0.39 is 0 Å². The molecule has 1 fully saturated rings. The molecular weight excluding hydrogens is 340 g/mol. The van der Waals surface area contributed by atoms with Gasteiger partial charge in [-0.15, -0.1) is 0 Å². The molecule has 4 rings (SSSR count). The minimum absolute atomic E-state index is 0.0787. The van der Waals surface area contributed by atoms with Crippen molar-refractivity contribution in [2.45, 2.75) is 44.2 Å². The van der Waals surface area contributed by atoms with E-state index in [-0.39, 0.29) is 24.0 Å². The highest BCUT2D eigenvalue weighted by molar-refractivity contribution is 5.77. The second-order valence-corrected chi connectivity index (χ2v) is 7.81. The van der Waals surface area contributed by atoms with Gasteiger partial charge in [0.1, 0.15) is 0 Å². The molecule has 2 N–H and O–H groups in total. The molecule has 1 aromatic heterocycles. The maximum absolute atomic E-state index is 12.8. The number of carbonyl (C=O) groups is 1. The lowest BCUT2D eigenvalue weighted by molar-refractivity contribution is -0.123. The second kappa shape index (κ2) is 7.69. The summed E-state index contributed by atoms with van der Waals surface area (Å²) in [7, 11) is 1.59. The van der Waals surface area contributed by atoms with Crippen molar-refractivity contribution in [2.24, 2.45) is 11.8 Å². The van der Waals surface area contributed by atoms with Gasteiger partial charge in [0.25, 0.3) is 0 Å². The summed E-state index contributed by atoms with van der Waals surface area (Å²) in [5, 5.41) is 12.9. The maximum atomic E-state index is 12.8. The van der Waals surface area contributed by atoms with Gasteiger partial charge in [0.15, 0.2) is 0 Å². The van der Waals surface area contributed by atoms with Gasteiger partial charge in [0.2, 0.25) is 11.8 Å². The van der Waals surface area contributed by atoms with Gasteiger partial charge in [-0.1, -0.05) is 30.3 Å². The third-order valence-corrected chi connectivity index (χ3v) is 5.87. The minimum atomic E-state index is -0.259. The van der Waals surface area contributed by atoms with Crippen LogP contribution >= 0.6 is 0 Å². The number of methoxy groups -OCH3 is 1. The van der Waals surface area contributed by atoms with Crippen LogP contribution in [0.1, 0.15) is 42.0 Å². The Morgan fingerprint density at radius 2 is 1.93 bits per heavy atom. The molecule has 1 heterocycles. The lowest BCUT2D eigenvalue weighted by Crippen LogP contribution is -2.41. The van der Waals surface area contributed by atoms with E-state index in [0.29, 0.717) is 31.1 Å². The third-order valence-electron chi connectivity index (χ3n) is 5.87. The Bertz CT molecular complexity index is 774. The second-order valence-electron chi connectivity index (χ2n) is 7.81. The lowest BCUT2D eigenvalue weighted by Gasteiger charge is -2.38. The van der Waals surface area contributed by atoms with Crippen molar-refractivity contribution in [1.29, 1.82) is 0 Å². The molecule has 1 amide bonds. The zero-order valence-electron chi connectivity index (χ0n) is 15.6. The number of carbonyl (C=O) groups excluding carboxylic acids is 1. The summed E-state index contributed by atoms with van der Waals surface area (Å²) in [4.78, 5) is 17.0. The van der Waals surface area contributed by atoms with Gasteiger partial charge in [0.05, 0.1) is 19.3 Å². The highest BCUT2D eigenvalue weighted by Gasteiger charge is 2.36. The predicted octanol–water partition coefficient (Wildman–Crippen LogP) is 2.82. The predicted molar refractivity (Wildman–Crippen MR) is 102 cm³/mol. The first-order chi connectivity index (χ1) is 13.1. The molecule has 5 nitrogen and oxygen atoms in total. The van der Waals surface area contributed by atoms with E-state index in [2.05, 4.69) is 34.6 Å². The van der Waals surface area contributed by atoms with Crippen molar-refractivity contribution >= 4 is 5.91 Å². The first-order valence-corrected chi connectivity index (χ1v) is 9.66. The van der Waals surface area contributed by atoms with Crippen molar-refractivity contribution in [2.75, 3.05) is 7.11 Å². The Morgan fingerprint density at radius 3 is 2.48 bits per heavy atom. The summed E-state index contributed by atoms with van der Waals surface area (Å²) >= 11 is 0. The van der Waals surface area contributed by atoms with E-state index in [1.54, 1.807) is 13.3 Å². The number of aliphatic hydroxyl groups is 1. The number of ether oxygens (including phenoxy) is 1. The number of benzene rings is 1. The minimum Gasteiger partial charge on any atom is -0.481 e. The summed E-state index contributed by atoms with van der Waals surface area (Å²) in [5.74, 6) is 1.25. The van der Waals surface area contributed by atoms with E-state index in [4.69, 9.17) is 4.74 Å². The van der Waals surface area contributed by atoms with Crippen LogP contribution in [0.5, 0.6) is 5.88 Å². The van der Waals surface area contributed by atoms with Gasteiger partial charge >= 0.3 is 0 Å². The number of aliphatic hydroxyl groups excluding tert-OH is 1. The van der Waals surface area contributed by atoms with Crippen molar-refractivity contribution in [3.8, 4) is 5.88 Å². The molecule has 0 saturated heterocycles. The Balaban J connectivity index is 1.41. The van der Waals surface area contributed by atoms with Crippen LogP contribution in [0.4, 0.5) is 0 Å². The molecule has 1 saturated carbocycles. The molecule has 1 aromatic carbocycles. The van der Waals surface area contributed by atoms with E-state index in [9.17, 15) is 9.90 Å². The van der Waals surface area contributed by atoms with Crippen LogP contribution in [0.2, 0.25) is 0 Å². The van der Waals surface area contributed by atoms with Crippen molar-refractivity contribution in [3.63, 3.8) is 0 Å². The van der Waals surface area contributed by atoms with Gasteiger partial charge in [-0.25, -0.2) is 4.98 Å². The number of pyridine rings is 1. The molecule has 0 radical (unpaired) electrons. The smallest absolute Gasteiger partial charge is 0.220 e.